The standard InChI is InChI=1S/C12H19NO/c1-12-5-3-2-4-10(12)6-9(8-13)7-11(12)14/h9-11,14H,2-7H2,1H3. The molecule has 14 heavy (non-hydrogen) atoms. The molecule has 0 saturated heterocycles. The van der Waals surface area contributed by atoms with Crippen LogP contribution in [-0.4, -0.2) is 11.2 Å². The van der Waals surface area contributed by atoms with E-state index in [1.54, 1.807) is 0 Å². The molecule has 0 radical (unpaired) electrons. The predicted molar refractivity (Wildman–Crippen MR) is 54.4 cm³/mol. The van der Waals surface area contributed by atoms with Crippen molar-refractivity contribution >= 4 is 0 Å². The van der Waals surface area contributed by atoms with E-state index in [-0.39, 0.29) is 17.4 Å². The van der Waals surface area contributed by atoms with Crippen molar-refractivity contribution in [2.24, 2.45) is 17.3 Å². The van der Waals surface area contributed by atoms with Crippen LogP contribution in [0.2, 0.25) is 0 Å². The predicted octanol–water partition coefficient (Wildman–Crippen LogP) is 2.48. The van der Waals surface area contributed by atoms with Gasteiger partial charge in [0.2, 0.25) is 0 Å². The fraction of sp³-hybridized carbons (Fsp3) is 0.917. The lowest BCUT2D eigenvalue weighted by Gasteiger charge is -2.49. The van der Waals surface area contributed by atoms with Crippen molar-refractivity contribution in [2.75, 3.05) is 0 Å². The molecular formula is C12H19NO. The highest BCUT2D eigenvalue weighted by Gasteiger charge is 2.47. The summed E-state index contributed by atoms with van der Waals surface area (Å²) in [7, 11) is 0. The summed E-state index contributed by atoms with van der Waals surface area (Å²) < 4.78 is 0. The van der Waals surface area contributed by atoms with Crippen LogP contribution in [0.3, 0.4) is 0 Å². The number of aliphatic hydroxyl groups is 1. The summed E-state index contributed by atoms with van der Waals surface area (Å²) >= 11 is 0. The van der Waals surface area contributed by atoms with Crippen LogP contribution >= 0.6 is 0 Å². The molecule has 2 aliphatic carbocycles. The highest BCUT2D eigenvalue weighted by atomic mass is 16.3. The lowest BCUT2D eigenvalue weighted by molar-refractivity contribution is -0.0760. The lowest BCUT2D eigenvalue weighted by Crippen LogP contribution is -2.46. The fourth-order valence-corrected chi connectivity index (χ4v) is 3.34. The van der Waals surface area contributed by atoms with Gasteiger partial charge in [0, 0.05) is 5.92 Å². The molecule has 4 unspecified atom stereocenters. The van der Waals surface area contributed by atoms with Crippen molar-refractivity contribution in [2.45, 2.75) is 51.6 Å². The van der Waals surface area contributed by atoms with Crippen molar-refractivity contribution in [3.63, 3.8) is 0 Å². The Morgan fingerprint density at radius 3 is 2.86 bits per heavy atom. The zero-order chi connectivity index (χ0) is 10.2. The summed E-state index contributed by atoms with van der Waals surface area (Å²) in [6, 6.07) is 2.32. The monoisotopic (exact) mass is 193 g/mol. The van der Waals surface area contributed by atoms with Crippen LogP contribution in [0.4, 0.5) is 0 Å². The van der Waals surface area contributed by atoms with Gasteiger partial charge in [-0.05, 0) is 37.0 Å². The maximum absolute atomic E-state index is 10.1. The molecule has 2 heteroatoms. The SMILES string of the molecule is CC12CCCCC1CC(C#N)CC2O. The van der Waals surface area contributed by atoms with Gasteiger partial charge in [0.1, 0.15) is 0 Å². The first-order valence-corrected chi connectivity index (χ1v) is 5.74. The zero-order valence-corrected chi connectivity index (χ0v) is 8.87. The molecule has 1 N–H and O–H groups in total. The summed E-state index contributed by atoms with van der Waals surface area (Å²) in [6.45, 7) is 2.22. The minimum Gasteiger partial charge on any atom is -0.393 e. The van der Waals surface area contributed by atoms with E-state index in [2.05, 4.69) is 13.0 Å². The largest absolute Gasteiger partial charge is 0.393 e. The Bertz CT molecular complexity index is 258. The number of nitrogens with zero attached hydrogens (tertiary/aromatic N) is 1. The van der Waals surface area contributed by atoms with Crippen LogP contribution in [0.5, 0.6) is 0 Å². The van der Waals surface area contributed by atoms with E-state index in [0.29, 0.717) is 12.3 Å². The minimum atomic E-state index is -0.244. The van der Waals surface area contributed by atoms with Crippen LogP contribution in [0, 0.1) is 28.6 Å². The van der Waals surface area contributed by atoms with Gasteiger partial charge in [-0.1, -0.05) is 19.8 Å². The van der Waals surface area contributed by atoms with Crippen molar-refractivity contribution < 1.29 is 5.11 Å². The number of fused-ring (bicyclic) bond motifs is 1. The molecule has 0 aromatic rings. The lowest BCUT2D eigenvalue weighted by atomic mass is 9.57. The van der Waals surface area contributed by atoms with Gasteiger partial charge in [-0.3, -0.25) is 0 Å². The second-order valence-corrected chi connectivity index (χ2v) is 5.26. The number of aliphatic hydroxyl groups excluding tert-OH is 1. The van der Waals surface area contributed by atoms with E-state index in [1.165, 1.54) is 19.3 Å². The molecule has 0 aliphatic heterocycles. The Kier molecular flexibility index (Phi) is 2.53. The van der Waals surface area contributed by atoms with Gasteiger partial charge in [-0.25, -0.2) is 0 Å². The first kappa shape index (κ1) is 9.98. The van der Waals surface area contributed by atoms with Gasteiger partial charge < -0.3 is 5.11 Å². The molecule has 0 aromatic heterocycles. The Hall–Kier alpha value is -0.550. The second kappa shape index (κ2) is 3.55. The van der Waals surface area contributed by atoms with Crippen molar-refractivity contribution in [3.8, 4) is 6.07 Å². The van der Waals surface area contributed by atoms with Gasteiger partial charge in [-0.15, -0.1) is 0 Å². The molecule has 2 saturated carbocycles. The highest BCUT2D eigenvalue weighted by Crippen LogP contribution is 2.51. The van der Waals surface area contributed by atoms with E-state index in [1.807, 2.05) is 0 Å². The van der Waals surface area contributed by atoms with Gasteiger partial charge in [0.05, 0.1) is 12.2 Å². The summed E-state index contributed by atoms with van der Waals surface area (Å²) in [6.07, 6.45) is 6.37. The van der Waals surface area contributed by atoms with Crippen molar-refractivity contribution in [1.82, 2.24) is 0 Å². The van der Waals surface area contributed by atoms with Crippen LogP contribution in [-0.2, 0) is 0 Å². The third kappa shape index (κ3) is 1.44. The molecule has 2 aliphatic rings. The molecule has 78 valence electrons. The van der Waals surface area contributed by atoms with Gasteiger partial charge in [-0.2, -0.15) is 5.26 Å². The summed E-state index contributed by atoms with van der Waals surface area (Å²) in [5.74, 6) is 0.686. The maximum atomic E-state index is 10.1. The molecular weight excluding hydrogens is 174 g/mol. The molecule has 2 fully saturated rings. The molecule has 4 atom stereocenters. The van der Waals surface area contributed by atoms with E-state index in [4.69, 9.17) is 5.26 Å². The average molecular weight is 193 g/mol. The van der Waals surface area contributed by atoms with Crippen LogP contribution in [0.25, 0.3) is 0 Å². The second-order valence-electron chi connectivity index (χ2n) is 5.26. The van der Waals surface area contributed by atoms with Gasteiger partial charge in [0.15, 0.2) is 0 Å². The topological polar surface area (TPSA) is 44.0 Å². The molecule has 0 bridgehead atoms. The molecule has 0 spiro atoms. The third-order valence-electron chi connectivity index (χ3n) is 4.47. The average Bonchev–Trinajstić information content (AvgIpc) is 2.19. The first-order valence-electron chi connectivity index (χ1n) is 5.74. The number of hydrogen-bond donors (Lipinski definition) is 1. The van der Waals surface area contributed by atoms with Gasteiger partial charge >= 0.3 is 0 Å². The van der Waals surface area contributed by atoms with E-state index >= 15 is 0 Å². The zero-order valence-electron chi connectivity index (χ0n) is 8.87. The molecule has 2 rings (SSSR count). The Labute approximate surface area is 85.9 Å². The normalized spacial score (nSPS) is 47.9. The maximum Gasteiger partial charge on any atom is 0.0656 e. The molecule has 0 amide bonds. The summed E-state index contributed by atoms with van der Waals surface area (Å²) in [5.41, 5.74) is 0.117. The minimum absolute atomic E-state index is 0.0983. The molecule has 0 heterocycles. The number of rotatable bonds is 0. The smallest absolute Gasteiger partial charge is 0.0656 e. The third-order valence-corrected chi connectivity index (χ3v) is 4.47. The Morgan fingerprint density at radius 2 is 2.14 bits per heavy atom. The van der Waals surface area contributed by atoms with Crippen molar-refractivity contribution in [3.05, 3.63) is 0 Å². The van der Waals surface area contributed by atoms with Crippen LogP contribution < -0.4 is 0 Å². The first-order chi connectivity index (χ1) is 6.66. The summed E-state index contributed by atoms with van der Waals surface area (Å²) in [4.78, 5) is 0. The summed E-state index contributed by atoms with van der Waals surface area (Å²) in [5, 5.41) is 19.0. The number of nitriles is 1. The van der Waals surface area contributed by atoms with E-state index in [9.17, 15) is 5.11 Å². The molecule has 2 nitrogen and oxygen atoms in total. The Balaban J connectivity index is 2.16. The quantitative estimate of drug-likeness (QED) is 0.642. The Morgan fingerprint density at radius 1 is 1.36 bits per heavy atom. The highest BCUT2D eigenvalue weighted by molar-refractivity contribution is 5.01. The van der Waals surface area contributed by atoms with E-state index < -0.39 is 0 Å². The van der Waals surface area contributed by atoms with Crippen molar-refractivity contribution in [1.29, 1.82) is 5.26 Å². The number of hydrogen-bond acceptors (Lipinski definition) is 2. The molecule has 0 aromatic carbocycles. The van der Waals surface area contributed by atoms with Crippen LogP contribution in [0.15, 0.2) is 0 Å². The fourth-order valence-electron chi connectivity index (χ4n) is 3.34. The van der Waals surface area contributed by atoms with Gasteiger partial charge in [0.25, 0.3) is 0 Å². The van der Waals surface area contributed by atoms with Crippen LogP contribution in [0.1, 0.15) is 45.4 Å². The van der Waals surface area contributed by atoms with E-state index in [0.717, 1.165) is 12.8 Å².